The number of anilines is 2. The molecule has 0 saturated carbocycles. The first-order valence-corrected chi connectivity index (χ1v) is 11.3. The molecule has 3 aromatic rings. The molecule has 0 radical (unpaired) electrons. The SMILES string of the molecule is COc1c[nH]c2ncc(N3CC[C@@H]4[C@@H](C3)OCCN4C(=O)Nc3cc(C(F)(F)F)cn(C)c3=O)nc12. The summed E-state index contributed by atoms with van der Waals surface area (Å²) in [5.74, 6) is 1.21. The number of amides is 2. The molecule has 11 nitrogen and oxygen atoms in total. The number of pyridine rings is 1. The van der Waals surface area contributed by atoms with Crippen LogP contribution in [0.3, 0.4) is 0 Å². The lowest BCUT2D eigenvalue weighted by Crippen LogP contribution is -2.61. The summed E-state index contributed by atoms with van der Waals surface area (Å²) in [6.45, 7) is 1.48. The van der Waals surface area contributed by atoms with Crippen LogP contribution in [0.5, 0.6) is 5.75 Å². The Hall–Kier alpha value is -3.81. The average Bonchev–Trinajstić information content (AvgIpc) is 3.27. The lowest BCUT2D eigenvalue weighted by Gasteiger charge is -2.46. The maximum absolute atomic E-state index is 13.2. The molecule has 36 heavy (non-hydrogen) atoms. The summed E-state index contributed by atoms with van der Waals surface area (Å²) >= 11 is 0. The molecule has 2 fully saturated rings. The molecule has 5 heterocycles. The third-order valence-electron chi connectivity index (χ3n) is 6.48. The average molecular weight is 507 g/mol. The molecule has 5 rings (SSSR count). The molecule has 2 atom stereocenters. The van der Waals surface area contributed by atoms with Crippen LogP contribution in [0.4, 0.5) is 29.5 Å². The van der Waals surface area contributed by atoms with Crippen molar-refractivity contribution >= 4 is 28.7 Å². The zero-order valence-electron chi connectivity index (χ0n) is 19.5. The highest BCUT2D eigenvalue weighted by molar-refractivity contribution is 5.89. The summed E-state index contributed by atoms with van der Waals surface area (Å²) in [5.41, 5.74) is -0.981. The number of fused-ring (bicyclic) bond motifs is 2. The van der Waals surface area contributed by atoms with Crippen LogP contribution in [0, 0.1) is 0 Å². The van der Waals surface area contributed by atoms with E-state index in [2.05, 4.69) is 20.3 Å². The van der Waals surface area contributed by atoms with Crippen molar-refractivity contribution in [1.29, 1.82) is 0 Å². The standard InChI is InChI=1S/C22H24F3N7O4/c1-30-10-12(22(23,24)25)7-13(20(30)33)28-21(34)32-5-6-36-16-11-31(4-3-14(16)32)17-9-27-19-18(29-17)15(35-2)8-26-19/h7-10,14,16H,3-6,11H2,1-2H3,(H,26,27)(H,28,34)/t14-,16-/m1/s1. The van der Waals surface area contributed by atoms with Crippen LogP contribution in [-0.2, 0) is 18.0 Å². The van der Waals surface area contributed by atoms with Crippen LogP contribution < -0.4 is 20.5 Å². The predicted molar refractivity (Wildman–Crippen MR) is 123 cm³/mol. The molecule has 0 unspecified atom stereocenters. The molecule has 0 spiro atoms. The van der Waals surface area contributed by atoms with Crippen LogP contribution in [0.2, 0.25) is 0 Å². The van der Waals surface area contributed by atoms with Crippen molar-refractivity contribution in [2.75, 3.05) is 43.6 Å². The molecule has 2 aliphatic rings. The number of aryl methyl sites for hydroxylation is 1. The van der Waals surface area contributed by atoms with E-state index < -0.39 is 29.0 Å². The number of halogens is 3. The minimum atomic E-state index is -4.65. The van der Waals surface area contributed by atoms with Crippen molar-refractivity contribution in [3.63, 3.8) is 0 Å². The van der Waals surface area contributed by atoms with E-state index in [9.17, 15) is 22.8 Å². The van der Waals surface area contributed by atoms with E-state index in [0.29, 0.717) is 54.5 Å². The second-order valence-corrected chi connectivity index (χ2v) is 8.67. The number of rotatable bonds is 3. The highest BCUT2D eigenvalue weighted by Crippen LogP contribution is 2.31. The first kappa shape index (κ1) is 23.9. The molecule has 2 aliphatic heterocycles. The van der Waals surface area contributed by atoms with Gasteiger partial charge in [-0.2, -0.15) is 13.2 Å². The summed E-state index contributed by atoms with van der Waals surface area (Å²) < 4.78 is 51.7. The normalized spacial score (nSPS) is 20.4. The number of piperidine rings is 1. The number of nitrogens with one attached hydrogen (secondary N) is 2. The minimum absolute atomic E-state index is 0.249. The topological polar surface area (TPSA) is 118 Å². The fourth-order valence-corrected chi connectivity index (χ4v) is 4.66. The Morgan fingerprint density at radius 1 is 1.33 bits per heavy atom. The monoisotopic (exact) mass is 507 g/mol. The number of ether oxygens (including phenoxy) is 2. The summed E-state index contributed by atoms with van der Waals surface area (Å²) in [4.78, 5) is 41.0. The Kier molecular flexibility index (Phi) is 5.98. The molecule has 0 bridgehead atoms. The van der Waals surface area contributed by atoms with Gasteiger partial charge in [-0.1, -0.05) is 0 Å². The first-order chi connectivity index (χ1) is 17.2. The number of carbonyl (C=O) groups is 1. The van der Waals surface area contributed by atoms with E-state index in [1.54, 1.807) is 19.5 Å². The number of carbonyl (C=O) groups excluding carboxylic acids is 1. The minimum Gasteiger partial charge on any atom is -0.493 e. The third kappa shape index (κ3) is 4.32. The van der Waals surface area contributed by atoms with Crippen molar-refractivity contribution in [2.45, 2.75) is 24.7 Å². The number of aromatic amines is 1. The number of hydrogen-bond acceptors (Lipinski definition) is 7. The van der Waals surface area contributed by atoms with Crippen molar-refractivity contribution < 1.29 is 27.4 Å². The summed E-state index contributed by atoms with van der Waals surface area (Å²) in [6, 6.07) is -0.301. The van der Waals surface area contributed by atoms with Gasteiger partial charge in [0.25, 0.3) is 5.56 Å². The van der Waals surface area contributed by atoms with Gasteiger partial charge < -0.3 is 34.1 Å². The van der Waals surface area contributed by atoms with E-state index in [4.69, 9.17) is 9.47 Å². The lowest BCUT2D eigenvalue weighted by molar-refractivity contribution is -0.138. The second-order valence-electron chi connectivity index (χ2n) is 8.67. The Balaban J connectivity index is 1.32. The van der Waals surface area contributed by atoms with Gasteiger partial charge in [-0.3, -0.25) is 4.79 Å². The Labute approximate surface area is 202 Å². The largest absolute Gasteiger partial charge is 0.493 e. The van der Waals surface area contributed by atoms with E-state index in [1.165, 1.54) is 11.9 Å². The highest BCUT2D eigenvalue weighted by atomic mass is 19.4. The van der Waals surface area contributed by atoms with Crippen LogP contribution in [0.25, 0.3) is 11.2 Å². The number of methoxy groups -OCH3 is 1. The quantitative estimate of drug-likeness (QED) is 0.558. The Morgan fingerprint density at radius 3 is 2.89 bits per heavy atom. The smallest absolute Gasteiger partial charge is 0.417 e. The molecular formula is C22H24F3N7O4. The molecule has 192 valence electrons. The van der Waals surface area contributed by atoms with Gasteiger partial charge in [0.15, 0.2) is 16.9 Å². The van der Waals surface area contributed by atoms with Crippen molar-refractivity contribution in [2.24, 2.45) is 7.05 Å². The lowest BCUT2D eigenvalue weighted by atomic mass is 9.98. The van der Waals surface area contributed by atoms with E-state index in [-0.39, 0.29) is 25.3 Å². The summed E-state index contributed by atoms with van der Waals surface area (Å²) in [5, 5.41) is 2.38. The first-order valence-electron chi connectivity index (χ1n) is 11.3. The summed E-state index contributed by atoms with van der Waals surface area (Å²) in [7, 11) is 2.75. The van der Waals surface area contributed by atoms with Crippen molar-refractivity contribution in [3.05, 3.63) is 40.6 Å². The van der Waals surface area contributed by atoms with Gasteiger partial charge in [-0.15, -0.1) is 0 Å². The number of alkyl halides is 3. The maximum atomic E-state index is 13.2. The number of urea groups is 1. The van der Waals surface area contributed by atoms with Crippen LogP contribution in [-0.4, -0.2) is 75.9 Å². The fourth-order valence-electron chi connectivity index (χ4n) is 4.66. The van der Waals surface area contributed by atoms with Gasteiger partial charge in [0.2, 0.25) is 0 Å². The van der Waals surface area contributed by atoms with Gasteiger partial charge in [0.05, 0.1) is 37.6 Å². The van der Waals surface area contributed by atoms with Gasteiger partial charge >= 0.3 is 12.2 Å². The van der Waals surface area contributed by atoms with Gasteiger partial charge in [-0.05, 0) is 12.5 Å². The number of morpholine rings is 1. The molecular weight excluding hydrogens is 483 g/mol. The van der Waals surface area contributed by atoms with Gasteiger partial charge in [0, 0.05) is 39.1 Å². The van der Waals surface area contributed by atoms with Crippen LogP contribution in [0.15, 0.2) is 29.5 Å². The fraction of sp³-hybridized carbons (Fsp3) is 0.455. The Morgan fingerprint density at radius 2 is 2.14 bits per heavy atom. The van der Waals surface area contributed by atoms with E-state index in [1.807, 2.05) is 4.90 Å². The van der Waals surface area contributed by atoms with Crippen LogP contribution >= 0.6 is 0 Å². The third-order valence-corrected chi connectivity index (χ3v) is 6.48. The predicted octanol–water partition coefficient (Wildman–Crippen LogP) is 2.20. The summed E-state index contributed by atoms with van der Waals surface area (Å²) in [6.07, 6.45) is -0.454. The van der Waals surface area contributed by atoms with E-state index in [0.717, 1.165) is 4.57 Å². The maximum Gasteiger partial charge on any atom is 0.417 e. The highest BCUT2D eigenvalue weighted by Gasteiger charge is 2.40. The molecule has 2 saturated heterocycles. The molecule has 2 amide bonds. The second kappa shape index (κ2) is 9.00. The van der Waals surface area contributed by atoms with Gasteiger partial charge in [0.1, 0.15) is 11.5 Å². The number of H-pyrrole nitrogens is 1. The molecule has 0 aromatic carbocycles. The molecule has 0 aliphatic carbocycles. The zero-order chi connectivity index (χ0) is 25.6. The van der Waals surface area contributed by atoms with Crippen LogP contribution in [0.1, 0.15) is 12.0 Å². The molecule has 3 aromatic heterocycles. The number of nitrogens with zero attached hydrogens (tertiary/aromatic N) is 5. The zero-order valence-corrected chi connectivity index (χ0v) is 19.5. The van der Waals surface area contributed by atoms with E-state index >= 15 is 0 Å². The van der Waals surface area contributed by atoms with Crippen molar-refractivity contribution in [1.82, 2.24) is 24.4 Å². The number of hydrogen-bond donors (Lipinski definition) is 2. The molecule has 14 heteroatoms. The van der Waals surface area contributed by atoms with Gasteiger partial charge in [-0.25, -0.2) is 14.8 Å². The number of aromatic nitrogens is 4. The molecule has 2 N–H and O–H groups in total. The van der Waals surface area contributed by atoms with Crippen molar-refractivity contribution in [3.8, 4) is 5.75 Å². The Bertz CT molecular complexity index is 1360.